The van der Waals surface area contributed by atoms with Crippen molar-refractivity contribution in [1.29, 1.82) is 0 Å². The molecule has 0 fully saturated rings. The van der Waals surface area contributed by atoms with Gasteiger partial charge in [0.1, 0.15) is 19.3 Å². The molecule has 0 aliphatic carbocycles. The van der Waals surface area contributed by atoms with Gasteiger partial charge in [0, 0.05) is 25.7 Å². The van der Waals surface area contributed by atoms with Crippen LogP contribution in [-0.2, 0) is 65.4 Å². The number of carbonyl (C=O) groups excluding carboxylic acids is 4. The van der Waals surface area contributed by atoms with Crippen LogP contribution >= 0.6 is 15.6 Å². The van der Waals surface area contributed by atoms with E-state index < -0.39 is 97.5 Å². The number of unbranched alkanes of at least 4 members (excludes halogenated alkanes) is 33. The van der Waals surface area contributed by atoms with Gasteiger partial charge < -0.3 is 33.8 Å². The first-order valence-electron chi connectivity index (χ1n) is 33.5. The smallest absolute Gasteiger partial charge is 0.462 e. The summed E-state index contributed by atoms with van der Waals surface area (Å²) in [7, 11) is -9.88. The van der Waals surface area contributed by atoms with Crippen LogP contribution in [0.5, 0.6) is 0 Å². The van der Waals surface area contributed by atoms with Crippen molar-refractivity contribution in [2.24, 2.45) is 11.8 Å². The number of ether oxygens (including phenoxy) is 4. The fourth-order valence-electron chi connectivity index (χ4n) is 9.53. The van der Waals surface area contributed by atoms with E-state index >= 15 is 0 Å². The second-order valence-corrected chi connectivity index (χ2v) is 27.0. The Kier molecular flexibility index (Phi) is 55.2. The third-order valence-corrected chi connectivity index (χ3v) is 16.6. The molecule has 0 bridgehead atoms. The maximum Gasteiger partial charge on any atom is 0.472 e. The number of aliphatic hydroxyl groups excluding tert-OH is 1. The second kappa shape index (κ2) is 56.6. The lowest BCUT2D eigenvalue weighted by Gasteiger charge is -2.21. The Hall–Kier alpha value is -1.94. The van der Waals surface area contributed by atoms with Crippen LogP contribution in [0.25, 0.3) is 0 Å². The Morgan fingerprint density at radius 2 is 0.554 bits per heavy atom. The molecule has 83 heavy (non-hydrogen) atoms. The van der Waals surface area contributed by atoms with Gasteiger partial charge in [-0.1, -0.05) is 266 Å². The minimum Gasteiger partial charge on any atom is -0.462 e. The lowest BCUT2D eigenvalue weighted by atomic mass is 10.0. The first-order chi connectivity index (χ1) is 39.9. The van der Waals surface area contributed by atoms with Crippen molar-refractivity contribution in [2.45, 2.75) is 336 Å². The Morgan fingerprint density at radius 1 is 0.325 bits per heavy atom. The van der Waals surface area contributed by atoms with Gasteiger partial charge in [0.05, 0.1) is 26.4 Å². The molecule has 17 nitrogen and oxygen atoms in total. The van der Waals surface area contributed by atoms with Crippen molar-refractivity contribution in [3.63, 3.8) is 0 Å². The summed E-state index contributed by atoms with van der Waals surface area (Å²) in [5.41, 5.74) is 0. The maximum atomic E-state index is 13.0. The molecule has 0 aromatic rings. The largest absolute Gasteiger partial charge is 0.472 e. The summed E-state index contributed by atoms with van der Waals surface area (Å²) in [4.78, 5) is 72.0. The fourth-order valence-corrected chi connectivity index (χ4v) is 11.1. The predicted octanol–water partition coefficient (Wildman–Crippen LogP) is 17.7. The Bertz CT molecular complexity index is 1630. The van der Waals surface area contributed by atoms with E-state index in [0.717, 1.165) is 121 Å². The topological polar surface area (TPSA) is 237 Å². The van der Waals surface area contributed by atoms with Crippen molar-refractivity contribution in [2.75, 3.05) is 39.6 Å². The minimum atomic E-state index is -4.94. The molecule has 0 aromatic carbocycles. The van der Waals surface area contributed by atoms with Crippen LogP contribution in [0.4, 0.5) is 0 Å². The van der Waals surface area contributed by atoms with Gasteiger partial charge in [-0.15, -0.1) is 0 Å². The van der Waals surface area contributed by atoms with E-state index in [1.165, 1.54) is 116 Å². The number of hydrogen-bond acceptors (Lipinski definition) is 15. The molecular formula is C64H124O17P2. The highest BCUT2D eigenvalue weighted by molar-refractivity contribution is 7.47. The van der Waals surface area contributed by atoms with Gasteiger partial charge in [-0.05, 0) is 37.5 Å². The maximum absolute atomic E-state index is 13.0. The van der Waals surface area contributed by atoms with Crippen LogP contribution in [0, 0.1) is 11.8 Å². The third kappa shape index (κ3) is 58.8. The highest BCUT2D eigenvalue weighted by Gasteiger charge is 2.30. The average Bonchev–Trinajstić information content (AvgIpc) is 3.45. The molecule has 0 rings (SSSR count). The molecular weight excluding hydrogens is 1100 g/mol. The van der Waals surface area contributed by atoms with Gasteiger partial charge in [0.15, 0.2) is 12.2 Å². The molecule has 0 spiro atoms. The monoisotopic (exact) mass is 1230 g/mol. The molecule has 0 aliphatic rings. The Balaban J connectivity index is 5.20. The van der Waals surface area contributed by atoms with Gasteiger partial charge in [0.2, 0.25) is 0 Å². The number of phosphoric ester groups is 2. The molecule has 3 N–H and O–H groups in total. The van der Waals surface area contributed by atoms with E-state index in [1.807, 2.05) is 0 Å². The molecule has 0 radical (unpaired) electrons. The van der Waals surface area contributed by atoms with Crippen LogP contribution in [0.3, 0.4) is 0 Å². The van der Waals surface area contributed by atoms with E-state index in [0.29, 0.717) is 25.7 Å². The minimum absolute atomic E-state index is 0.104. The van der Waals surface area contributed by atoms with Gasteiger partial charge in [0.25, 0.3) is 0 Å². The van der Waals surface area contributed by atoms with E-state index in [1.54, 1.807) is 0 Å². The standard InChI is InChI=1S/C64H124O17P2/c1-7-9-11-13-15-29-36-42-48-63(68)80-59(52-74-61(66)46-40-34-26-14-12-10-8-2)54-78-82(70,71)76-50-58(65)51-77-83(72,73)79-55-60(81-64(69)49-43-37-31-25-21-17-19-23-28-33-39-45-57(5)6)53-75-62(67)47-41-35-30-24-20-16-18-22-27-32-38-44-56(3)4/h56-60,65H,7-55H2,1-6H3,(H,70,71)(H,72,73)/t58-,59+,60+/m0/s1. The normalized spacial score (nSPS) is 14.3. The summed E-state index contributed by atoms with van der Waals surface area (Å²) in [6, 6.07) is 0. The van der Waals surface area contributed by atoms with Crippen LogP contribution < -0.4 is 0 Å². The first kappa shape index (κ1) is 81.1. The van der Waals surface area contributed by atoms with Crippen molar-refractivity contribution in [1.82, 2.24) is 0 Å². The van der Waals surface area contributed by atoms with Gasteiger partial charge in [-0.3, -0.25) is 37.3 Å². The third-order valence-electron chi connectivity index (χ3n) is 14.7. The van der Waals surface area contributed by atoms with Crippen molar-refractivity contribution in [3.8, 4) is 0 Å². The zero-order valence-corrected chi connectivity index (χ0v) is 55.3. The number of esters is 4. The quantitative estimate of drug-likeness (QED) is 0.0222. The molecule has 2 unspecified atom stereocenters. The molecule has 0 aliphatic heterocycles. The molecule has 0 heterocycles. The summed E-state index contributed by atoms with van der Waals surface area (Å²) in [5, 5.41) is 10.5. The van der Waals surface area contributed by atoms with E-state index in [4.69, 9.17) is 37.0 Å². The van der Waals surface area contributed by atoms with Crippen LogP contribution in [0.2, 0.25) is 0 Å². The summed E-state index contributed by atoms with van der Waals surface area (Å²) in [6.07, 6.45) is 39.1. The molecule has 0 aromatic heterocycles. The lowest BCUT2D eigenvalue weighted by molar-refractivity contribution is -0.161. The number of carbonyl (C=O) groups is 4. The number of aliphatic hydroxyl groups is 1. The molecule has 0 saturated heterocycles. The number of hydrogen-bond donors (Lipinski definition) is 3. The molecule has 492 valence electrons. The summed E-state index contributed by atoms with van der Waals surface area (Å²) in [5.74, 6) is -0.603. The first-order valence-corrected chi connectivity index (χ1v) is 36.5. The summed E-state index contributed by atoms with van der Waals surface area (Å²) < 4.78 is 67.9. The van der Waals surface area contributed by atoms with Gasteiger partial charge >= 0.3 is 39.5 Å². The van der Waals surface area contributed by atoms with Crippen molar-refractivity contribution in [3.05, 3.63) is 0 Å². The average molecular weight is 1230 g/mol. The number of phosphoric acid groups is 2. The Labute approximate surface area is 505 Å². The van der Waals surface area contributed by atoms with Gasteiger partial charge in [-0.2, -0.15) is 0 Å². The SMILES string of the molecule is CCCCCCCCCCC(=O)O[C@H](COC(=O)CCCCCCCCC)COP(=O)(O)OC[C@H](O)COP(=O)(O)OC[C@@H](COC(=O)CCCCCCCCCCCCCC(C)C)OC(=O)CCCCCCCCCCCCCC(C)C. The molecule has 19 heteroatoms. The Morgan fingerprint density at radius 3 is 0.819 bits per heavy atom. The van der Waals surface area contributed by atoms with Crippen LogP contribution in [-0.4, -0.2) is 96.7 Å². The molecule has 0 amide bonds. The summed E-state index contributed by atoms with van der Waals surface area (Å²) >= 11 is 0. The van der Waals surface area contributed by atoms with E-state index in [-0.39, 0.29) is 25.7 Å². The number of rotatable bonds is 63. The van der Waals surface area contributed by atoms with Crippen molar-refractivity contribution < 1.29 is 80.2 Å². The van der Waals surface area contributed by atoms with Crippen LogP contribution in [0.1, 0.15) is 318 Å². The van der Waals surface area contributed by atoms with Crippen molar-refractivity contribution >= 4 is 39.5 Å². The van der Waals surface area contributed by atoms with Crippen LogP contribution in [0.15, 0.2) is 0 Å². The second-order valence-electron chi connectivity index (χ2n) is 24.1. The van der Waals surface area contributed by atoms with E-state index in [9.17, 15) is 43.2 Å². The van der Waals surface area contributed by atoms with E-state index in [2.05, 4.69) is 41.5 Å². The van der Waals surface area contributed by atoms with Gasteiger partial charge in [-0.25, -0.2) is 9.13 Å². The zero-order valence-electron chi connectivity index (χ0n) is 53.5. The summed E-state index contributed by atoms with van der Waals surface area (Å²) in [6.45, 7) is 9.44. The predicted molar refractivity (Wildman–Crippen MR) is 331 cm³/mol. The molecule has 5 atom stereocenters. The zero-order chi connectivity index (χ0) is 61.5. The highest BCUT2D eigenvalue weighted by atomic mass is 31.2. The fraction of sp³-hybridized carbons (Fsp3) is 0.938. The lowest BCUT2D eigenvalue weighted by Crippen LogP contribution is -2.30. The highest BCUT2D eigenvalue weighted by Crippen LogP contribution is 2.45. The molecule has 0 saturated carbocycles.